The van der Waals surface area contributed by atoms with Crippen LogP contribution in [-0.2, 0) is 4.79 Å². The molecule has 5 nitrogen and oxygen atoms in total. The van der Waals surface area contributed by atoms with Crippen molar-refractivity contribution in [3.05, 3.63) is 54.1 Å². The number of phenolic OH excluding ortho intramolecular Hbond substituents is 1. The quantitative estimate of drug-likeness (QED) is 0.833. The zero-order valence-electron chi connectivity index (χ0n) is 12.4. The second-order valence-electron chi connectivity index (χ2n) is 4.48. The summed E-state index contributed by atoms with van der Waals surface area (Å²) in [5.74, 6) is 1.10. The van der Waals surface area contributed by atoms with E-state index in [1.54, 1.807) is 50.6 Å². The predicted octanol–water partition coefficient (Wildman–Crippen LogP) is 3.06. The summed E-state index contributed by atoms with van der Waals surface area (Å²) in [6, 6.07) is 11.7. The summed E-state index contributed by atoms with van der Waals surface area (Å²) >= 11 is 0. The highest BCUT2D eigenvalue weighted by Crippen LogP contribution is 2.25. The largest absolute Gasteiger partial charge is 0.508 e. The van der Waals surface area contributed by atoms with Crippen molar-refractivity contribution >= 4 is 17.7 Å². The molecule has 2 aromatic carbocycles. The molecule has 0 atom stereocenters. The van der Waals surface area contributed by atoms with Crippen molar-refractivity contribution in [2.24, 2.45) is 0 Å². The molecule has 0 radical (unpaired) electrons. The predicted molar refractivity (Wildman–Crippen MR) is 85.3 cm³/mol. The topological polar surface area (TPSA) is 67.8 Å². The highest BCUT2D eigenvalue weighted by molar-refractivity contribution is 6.02. The summed E-state index contributed by atoms with van der Waals surface area (Å²) in [7, 11) is 3.13. The number of phenols is 1. The Bertz CT molecular complexity index is 695. The van der Waals surface area contributed by atoms with Gasteiger partial charge in [-0.05, 0) is 36.4 Å². The number of benzene rings is 2. The molecular weight excluding hydrogens is 282 g/mol. The molecule has 0 heterocycles. The second kappa shape index (κ2) is 7.17. The zero-order chi connectivity index (χ0) is 15.9. The number of amides is 1. The van der Waals surface area contributed by atoms with E-state index in [9.17, 15) is 9.90 Å². The van der Waals surface area contributed by atoms with Gasteiger partial charge in [-0.2, -0.15) is 0 Å². The number of carbonyl (C=O) groups is 1. The third-order valence-electron chi connectivity index (χ3n) is 2.96. The first kappa shape index (κ1) is 15.4. The molecule has 0 fully saturated rings. The zero-order valence-corrected chi connectivity index (χ0v) is 12.4. The fourth-order valence-electron chi connectivity index (χ4n) is 1.90. The molecule has 0 saturated heterocycles. The third-order valence-corrected chi connectivity index (χ3v) is 2.96. The van der Waals surface area contributed by atoms with Crippen molar-refractivity contribution in [2.75, 3.05) is 19.5 Å². The molecule has 0 aliphatic rings. The van der Waals surface area contributed by atoms with Crippen molar-refractivity contribution in [3.63, 3.8) is 0 Å². The van der Waals surface area contributed by atoms with Crippen LogP contribution in [0.4, 0.5) is 5.69 Å². The van der Waals surface area contributed by atoms with Crippen LogP contribution < -0.4 is 14.8 Å². The van der Waals surface area contributed by atoms with Crippen LogP contribution in [0, 0.1) is 0 Å². The molecule has 2 N–H and O–H groups in total. The Balaban J connectivity index is 2.12. The Hall–Kier alpha value is -2.95. The Labute approximate surface area is 128 Å². The molecule has 0 aromatic heterocycles. The molecule has 0 saturated carbocycles. The first-order chi connectivity index (χ1) is 10.6. The van der Waals surface area contributed by atoms with E-state index in [1.165, 1.54) is 18.2 Å². The van der Waals surface area contributed by atoms with Gasteiger partial charge in [0.1, 0.15) is 17.2 Å². The molecule has 2 rings (SSSR count). The monoisotopic (exact) mass is 299 g/mol. The van der Waals surface area contributed by atoms with Crippen molar-refractivity contribution in [2.45, 2.75) is 0 Å². The number of hydrogen-bond donors (Lipinski definition) is 2. The van der Waals surface area contributed by atoms with Crippen LogP contribution in [0.3, 0.4) is 0 Å². The molecule has 2 aromatic rings. The fourth-order valence-corrected chi connectivity index (χ4v) is 1.90. The summed E-state index contributed by atoms with van der Waals surface area (Å²) in [5, 5.41) is 12.0. The maximum absolute atomic E-state index is 11.9. The Kier molecular flexibility index (Phi) is 5.03. The van der Waals surface area contributed by atoms with Gasteiger partial charge in [-0.1, -0.05) is 6.07 Å². The van der Waals surface area contributed by atoms with Crippen LogP contribution in [0.1, 0.15) is 5.56 Å². The minimum atomic E-state index is -0.310. The van der Waals surface area contributed by atoms with Gasteiger partial charge in [0.25, 0.3) is 0 Å². The van der Waals surface area contributed by atoms with Crippen molar-refractivity contribution < 1.29 is 19.4 Å². The lowest BCUT2D eigenvalue weighted by Crippen LogP contribution is -2.07. The van der Waals surface area contributed by atoms with Crippen molar-refractivity contribution in [3.8, 4) is 17.2 Å². The molecule has 0 unspecified atom stereocenters. The first-order valence-corrected chi connectivity index (χ1v) is 6.62. The van der Waals surface area contributed by atoms with E-state index < -0.39 is 0 Å². The standard InChI is InChI=1S/C17H17NO4/c1-21-15-7-8-16(22-2)12(10-15)6-9-17(20)18-13-4-3-5-14(19)11-13/h3-11,19H,1-2H3,(H,18,20)/b9-6+. The normalized spacial score (nSPS) is 10.5. The minimum absolute atomic E-state index is 0.0937. The summed E-state index contributed by atoms with van der Waals surface area (Å²) in [6.45, 7) is 0. The third kappa shape index (κ3) is 4.02. The van der Waals surface area contributed by atoms with Gasteiger partial charge in [-0.25, -0.2) is 0 Å². The smallest absolute Gasteiger partial charge is 0.248 e. The maximum Gasteiger partial charge on any atom is 0.248 e. The summed E-state index contributed by atoms with van der Waals surface area (Å²) < 4.78 is 10.4. The minimum Gasteiger partial charge on any atom is -0.508 e. The molecule has 0 aliphatic carbocycles. The lowest BCUT2D eigenvalue weighted by atomic mass is 10.1. The van der Waals surface area contributed by atoms with Crippen LogP contribution in [0.15, 0.2) is 48.5 Å². The van der Waals surface area contributed by atoms with E-state index in [0.717, 1.165) is 5.56 Å². The SMILES string of the molecule is COc1ccc(OC)c(/C=C/C(=O)Nc2cccc(O)c2)c1. The van der Waals surface area contributed by atoms with Crippen molar-refractivity contribution in [1.82, 2.24) is 0 Å². The summed E-state index contributed by atoms with van der Waals surface area (Å²) in [4.78, 5) is 11.9. The Morgan fingerprint density at radius 3 is 2.64 bits per heavy atom. The van der Waals surface area contributed by atoms with E-state index in [1.807, 2.05) is 0 Å². The van der Waals surface area contributed by atoms with E-state index in [0.29, 0.717) is 17.2 Å². The van der Waals surface area contributed by atoms with Gasteiger partial charge in [0.15, 0.2) is 0 Å². The van der Waals surface area contributed by atoms with Gasteiger partial charge in [-0.3, -0.25) is 4.79 Å². The van der Waals surface area contributed by atoms with E-state index in [-0.39, 0.29) is 11.7 Å². The van der Waals surface area contributed by atoms with Gasteiger partial charge in [0.05, 0.1) is 14.2 Å². The van der Waals surface area contributed by atoms with Crippen LogP contribution in [-0.4, -0.2) is 25.2 Å². The van der Waals surface area contributed by atoms with Crippen LogP contribution in [0.5, 0.6) is 17.2 Å². The average Bonchev–Trinajstić information content (AvgIpc) is 2.52. The molecule has 0 aliphatic heterocycles. The number of aromatic hydroxyl groups is 1. The fraction of sp³-hybridized carbons (Fsp3) is 0.118. The lowest BCUT2D eigenvalue weighted by Gasteiger charge is -2.07. The summed E-state index contributed by atoms with van der Waals surface area (Å²) in [6.07, 6.45) is 3.03. The van der Waals surface area contributed by atoms with E-state index in [4.69, 9.17) is 9.47 Å². The Morgan fingerprint density at radius 1 is 1.14 bits per heavy atom. The van der Waals surface area contributed by atoms with E-state index >= 15 is 0 Å². The van der Waals surface area contributed by atoms with Gasteiger partial charge < -0.3 is 19.9 Å². The highest BCUT2D eigenvalue weighted by atomic mass is 16.5. The second-order valence-corrected chi connectivity index (χ2v) is 4.48. The molecule has 0 spiro atoms. The molecule has 114 valence electrons. The van der Waals surface area contributed by atoms with Gasteiger partial charge in [-0.15, -0.1) is 0 Å². The molecule has 1 amide bonds. The van der Waals surface area contributed by atoms with Gasteiger partial charge in [0.2, 0.25) is 5.91 Å². The number of methoxy groups -OCH3 is 2. The van der Waals surface area contributed by atoms with Crippen molar-refractivity contribution in [1.29, 1.82) is 0 Å². The summed E-state index contributed by atoms with van der Waals surface area (Å²) in [5.41, 5.74) is 1.25. The number of ether oxygens (including phenoxy) is 2. The lowest BCUT2D eigenvalue weighted by molar-refractivity contribution is -0.111. The Morgan fingerprint density at radius 2 is 1.95 bits per heavy atom. The molecule has 22 heavy (non-hydrogen) atoms. The number of rotatable bonds is 5. The molecular formula is C17H17NO4. The van der Waals surface area contributed by atoms with E-state index in [2.05, 4.69) is 5.32 Å². The first-order valence-electron chi connectivity index (χ1n) is 6.62. The molecule has 5 heteroatoms. The van der Waals surface area contributed by atoms with Crippen LogP contribution in [0.2, 0.25) is 0 Å². The maximum atomic E-state index is 11.9. The van der Waals surface area contributed by atoms with Crippen LogP contribution >= 0.6 is 0 Å². The number of carbonyl (C=O) groups excluding carboxylic acids is 1. The molecule has 0 bridgehead atoms. The highest BCUT2D eigenvalue weighted by Gasteiger charge is 2.03. The number of nitrogens with one attached hydrogen (secondary N) is 1. The van der Waals surface area contributed by atoms with Gasteiger partial charge in [0, 0.05) is 23.4 Å². The van der Waals surface area contributed by atoms with Gasteiger partial charge >= 0.3 is 0 Å². The number of hydrogen-bond acceptors (Lipinski definition) is 4. The number of anilines is 1. The average molecular weight is 299 g/mol. The van der Waals surface area contributed by atoms with Crippen LogP contribution in [0.25, 0.3) is 6.08 Å².